The minimum absolute atomic E-state index is 0.196. The zero-order valence-corrected chi connectivity index (χ0v) is 10.0. The number of hydrogen-bond acceptors (Lipinski definition) is 3. The number of pyridine rings is 1. The van der Waals surface area contributed by atoms with Crippen LogP contribution in [0.3, 0.4) is 0 Å². The minimum atomic E-state index is -0.196. The number of carbonyl (C=O) groups excluding carboxylic acids is 1. The summed E-state index contributed by atoms with van der Waals surface area (Å²) in [6, 6.07) is 11.9. The molecule has 0 aliphatic heterocycles. The Labute approximate surface area is 109 Å². The molecule has 6 nitrogen and oxygen atoms in total. The number of hydrogen-bond donors (Lipinski definition) is 1. The quantitative estimate of drug-likeness (QED) is 0.515. The van der Waals surface area contributed by atoms with E-state index in [1.165, 1.54) is 0 Å². The number of aromatic nitrogens is 1. The van der Waals surface area contributed by atoms with Gasteiger partial charge < -0.3 is 5.32 Å². The summed E-state index contributed by atoms with van der Waals surface area (Å²) in [7, 11) is 0. The number of rotatable bonds is 4. The van der Waals surface area contributed by atoms with E-state index in [-0.39, 0.29) is 5.91 Å². The standard InChI is InChI=1S/C13H11N5O/c14-18-17-11-6-4-10(5-7-11)13(19)16-9-12-3-1-2-8-15-12/h1-8H,9H2,(H,16,19). The van der Waals surface area contributed by atoms with E-state index in [9.17, 15) is 4.79 Å². The first-order valence-electron chi connectivity index (χ1n) is 5.63. The van der Waals surface area contributed by atoms with Crippen molar-refractivity contribution in [1.29, 1.82) is 0 Å². The molecule has 1 amide bonds. The van der Waals surface area contributed by atoms with Crippen molar-refractivity contribution >= 4 is 11.6 Å². The number of benzene rings is 1. The molecule has 0 saturated carbocycles. The maximum atomic E-state index is 11.8. The summed E-state index contributed by atoms with van der Waals surface area (Å²) in [6.07, 6.45) is 1.68. The molecule has 0 unspecified atom stereocenters. The summed E-state index contributed by atoms with van der Waals surface area (Å²) in [4.78, 5) is 18.6. The van der Waals surface area contributed by atoms with Crippen LogP contribution in [0, 0.1) is 0 Å². The summed E-state index contributed by atoms with van der Waals surface area (Å²) in [6.45, 7) is 0.373. The molecule has 0 spiro atoms. The van der Waals surface area contributed by atoms with Crippen molar-refractivity contribution in [3.63, 3.8) is 0 Å². The average molecular weight is 253 g/mol. The summed E-state index contributed by atoms with van der Waals surface area (Å²) >= 11 is 0. The van der Waals surface area contributed by atoms with Crippen LogP contribution in [0.5, 0.6) is 0 Å². The lowest BCUT2D eigenvalue weighted by Gasteiger charge is -2.04. The van der Waals surface area contributed by atoms with Gasteiger partial charge in [0, 0.05) is 22.4 Å². The fourth-order valence-electron chi connectivity index (χ4n) is 1.51. The second-order valence-corrected chi connectivity index (χ2v) is 3.74. The molecule has 0 aliphatic carbocycles. The number of azide groups is 1. The van der Waals surface area contributed by atoms with E-state index in [1.807, 2.05) is 18.2 Å². The lowest BCUT2D eigenvalue weighted by atomic mass is 10.2. The van der Waals surface area contributed by atoms with Crippen molar-refractivity contribution in [2.45, 2.75) is 6.54 Å². The van der Waals surface area contributed by atoms with Gasteiger partial charge in [0.15, 0.2) is 0 Å². The van der Waals surface area contributed by atoms with Crippen molar-refractivity contribution in [2.75, 3.05) is 0 Å². The normalized spacial score (nSPS) is 9.47. The Morgan fingerprint density at radius 3 is 2.68 bits per heavy atom. The van der Waals surface area contributed by atoms with Crippen molar-refractivity contribution in [3.8, 4) is 0 Å². The molecular formula is C13H11N5O. The highest BCUT2D eigenvalue weighted by Crippen LogP contribution is 2.13. The van der Waals surface area contributed by atoms with Gasteiger partial charge in [-0.1, -0.05) is 23.3 Å². The van der Waals surface area contributed by atoms with E-state index in [4.69, 9.17) is 5.53 Å². The first-order chi connectivity index (χ1) is 9.29. The highest BCUT2D eigenvalue weighted by Gasteiger charge is 2.04. The van der Waals surface area contributed by atoms with Crippen LogP contribution >= 0.6 is 0 Å². The molecule has 1 aromatic heterocycles. The molecule has 2 rings (SSSR count). The maximum absolute atomic E-state index is 11.8. The predicted octanol–water partition coefficient (Wildman–Crippen LogP) is 2.95. The lowest BCUT2D eigenvalue weighted by Crippen LogP contribution is -2.23. The number of nitrogens with one attached hydrogen (secondary N) is 1. The summed E-state index contributed by atoms with van der Waals surface area (Å²) in [5, 5.41) is 6.20. The molecule has 0 atom stereocenters. The minimum Gasteiger partial charge on any atom is -0.346 e. The molecule has 0 fully saturated rings. The van der Waals surface area contributed by atoms with Gasteiger partial charge in [-0.2, -0.15) is 0 Å². The van der Waals surface area contributed by atoms with Crippen LogP contribution in [-0.2, 0) is 6.54 Å². The van der Waals surface area contributed by atoms with Gasteiger partial charge in [0.2, 0.25) is 0 Å². The smallest absolute Gasteiger partial charge is 0.251 e. The highest BCUT2D eigenvalue weighted by molar-refractivity contribution is 5.94. The Bertz CT molecular complexity index is 603. The molecular weight excluding hydrogens is 242 g/mol. The third-order valence-electron chi connectivity index (χ3n) is 2.45. The zero-order valence-electron chi connectivity index (χ0n) is 10.0. The Hall–Kier alpha value is -2.85. The molecule has 1 N–H and O–H groups in total. The van der Waals surface area contributed by atoms with Crippen molar-refractivity contribution < 1.29 is 4.79 Å². The molecule has 1 heterocycles. The van der Waals surface area contributed by atoms with Crippen molar-refractivity contribution in [3.05, 3.63) is 70.4 Å². The van der Waals surface area contributed by atoms with Gasteiger partial charge in [-0.05, 0) is 29.8 Å². The molecule has 0 aliphatic rings. The van der Waals surface area contributed by atoms with E-state index >= 15 is 0 Å². The van der Waals surface area contributed by atoms with Gasteiger partial charge in [-0.15, -0.1) is 0 Å². The summed E-state index contributed by atoms with van der Waals surface area (Å²) < 4.78 is 0. The van der Waals surface area contributed by atoms with E-state index in [0.29, 0.717) is 17.8 Å². The molecule has 0 bridgehead atoms. The Kier molecular flexibility index (Phi) is 4.10. The molecule has 0 radical (unpaired) electrons. The van der Waals surface area contributed by atoms with E-state index in [2.05, 4.69) is 20.3 Å². The van der Waals surface area contributed by atoms with E-state index in [1.54, 1.807) is 30.5 Å². The van der Waals surface area contributed by atoms with Crippen molar-refractivity contribution in [2.24, 2.45) is 5.11 Å². The Morgan fingerprint density at radius 1 is 1.26 bits per heavy atom. The van der Waals surface area contributed by atoms with Crippen LogP contribution in [0.15, 0.2) is 53.8 Å². The summed E-state index contributed by atoms with van der Waals surface area (Å²) in [5.41, 5.74) is 10.1. The van der Waals surface area contributed by atoms with Crippen LogP contribution in [0.4, 0.5) is 5.69 Å². The predicted molar refractivity (Wildman–Crippen MR) is 70.7 cm³/mol. The first kappa shape index (κ1) is 12.6. The second-order valence-electron chi connectivity index (χ2n) is 3.74. The Morgan fingerprint density at radius 2 is 2.05 bits per heavy atom. The monoisotopic (exact) mass is 253 g/mol. The van der Waals surface area contributed by atoms with Crippen LogP contribution in [-0.4, -0.2) is 10.9 Å². The molecule has 19 heavy (non-hydrogen) atoms. The lowest BCUT2D eigenvalue weighted by molar-refractivity contribution is 0.0950. The van der Waals surface area contributed by atoms with E-state index < -0.39 is 0 Å². The summed E-state index contributed by atoms with van der Waals surface area (Å²) in [5.74, 6) is -0.196. The molecule has 1 aromatic carbocycles. The molecule has 0 saturated heterocycles. The second kappa shape index (κ2) is 6.18. The van der Waals surface area contributed by atoms with Crippen LogP contribution in [0.2, 0.25) is 0 Å². The maximum Gasteiger partial charge on any atom is 0.251 e. The first-order valence-corrected chi connectivity index (χ1v) is 5.63. The van der Waals surface area contributed by atoms with Gasteiger partial charge in [0.05, 0.1) is 12.2 Å². The topological polar surface area (TPSA) is 90.8 Å². The number of carbonyl (C=O) groups is 1. The van der Waals surface area contributed by atoms with Gasteiger partial charge in [-0.3, -0.25) is 9.78 Å². The fraction of sp³-hybridized carbons (Fsp3) is 0.0769. The molecule has 2 aromatic rings. The fourth-order valence-corrected chi connectivity index (χ4v) is 1.51. The zero-order chi connectivity index (χ0) is 13.5. The third-order valence-corrected chi connectivity index (χ3v) is 2.45. The van der Waals surface area contributed by atoms with Gasteiger partial charge in [0.1, 0.15) is 0 Å². The van der Waals surface area contributed by atoms with Gasteiger partial charge in [0.25, 0.3) is 5.91 Å². The third kappa shape index (κ3) is 3.55. The average Bonchev–Trinajstić information content (AvgIpc) is 2.47. The number of nitrogens with zero attached hydrogens (tertiary/aromatic N) is 4. The van der Waals surface area contributed by atoms with Crippen LogP contribution < -0.4 is 5.32 Å². The number of amides is 1. The van der Waals surface area contributed by atoms with Crippen molar-refractivity contribution in [1.82, 2.24) is 10.3 Å². The SMILES string of the molecule is [N-]=[N+]=Nc1ccc(C(=O)NCc2ccccn2)cc1. The molecule has 94 valence electrons. The largest absolute Gasteiger partial charge is 0.346 e. The molecule has 6 heteroatoms. The van der Waals surface area contributed by atoms with E-state index in [0.717, 1.165) is 5.69 Å². The Balaban J connectivity index is 1.98. The van der Waals surface area contributed by atoms with Crippen LogP contribution in [0.25, 0.3) is 10.4 Å². The van der Waals surface area contributed by atoms with Gasteiger partial charge >= 0.3 is 0 Å². The van der Waals surface area contributed by atoms with Gasteiger partial charge in [-0.25, -0.2) is 0 Å². The highest BCUT2D eigenvalue weighted by atomic mass is 16.1. The van der Waals surface area contributed by atoms with Crippen LogP contribution in [0.1, 0.15) is 16.1 Å².